The standard InChI is InChI=1S/C22H22O2P.C19H24O4.C15H18O3/c1-4-10-19(11-5-1)25(18-22-23-16-17-24-22,20-12-6-2-7-13-20)21-14-8-3-9-15-21;20-19(23-14-16-4-2-1-3-5-16)17-9-6-15(7-10-17)8-11-18-21-12-13-22-18;16-10-12-6-8-14(9-7-12)15(17)18-11-13-4-2-1-3-5-13/h1-15,22H,16-18H2;1-5,8,11,15,17-18H,6-7,9-10,12-14H2;1-5,10,12,14H,6-9,11H2/q+1;;/b;11-8+;. The third kappa shape index (κ3) is 14.4. The molecular formula is C56H64O9P+. The van der Waals surface area contributed by atoms with Crippen molar-refractivity contribution in [2.24, 2.45) is 23.7 Å². The molecule has 2 aliphatic carbocycles. The fourth-order valence-corrected chi connectivity index (χ4v) is 13.2. The van der Waals surface area contributed by atoms with E-state index < -0.39 is 7.26 Å². The van der Waals surface area contributed by atoms with Crippen LogP contribution in [0.2, 0.25) is 0 Å². The Labute approximate surface area is 391 Å². The number of hydrogen-bond acceptors (Lipinski definition) is 9. The zero-order valence-corrected chi connectivity index (χ0v) is 38.8. The summed E-state index contributed by atoms with van der Waals surface area (Å²) >= 11 is 0. The van der Waals surface area contributed by atoms with Crippen molar-refractivity contribution in [3.8, 4) is 0 Å². The number of carbonyl (C=O) groups excluding carboxylic acids is 3. The van der Waals surface area contributed by atoms with E-state index in [-0.39, 0.29) is 42.3 Å². The van der Waals surface area contributed by atoms with Gasteiger partial charge in [0.25, 0.3) is 0 Å². The molecule has 2 saturated heterocycles. The van der Waals surface area contributed by atoms with Crippen LogP contribution in [0.15, 0.2) is 164 Å². The molecule has 0 aromatic heterocycles. The molecule has 4 aliphatic rings. The predicted octanol–water partition coefficient (Wildman–Crippen LogP) is 9.55. The first-order valence-electron chi connectivity index (χ1n) is 23.6. The molecule has 0 atom stereocenters. The number of hydrogen-bond donors (Lipinski definition) is 0. The summed E-state index contributed by atoms with van der Waals surface area (Å²) in [5, 5.41) is 4.10. The maximum atomic E-state index is 12.2. The van der Waals surface area contributed by atoms with E-state index in [1.54, 1.807) is 0 Å². The fourth-order valence-electron chi connectivity index (χ4n) is 9.01. The van der Waals surface area contributed by atoms with Crippen LogP contribution in [-0.2, 0) is 56.0 Å². The monoisotopic (exact) mass is 911 g/mol. The molecule has 9 nitrogen and oxygen atoms in total. The van der Waals surface area contributed by atoms with Crippen LogP contribution in [0.4, 0.5) is 0 Å². The number of aldehydes is 1. The van der Waals surface area contributed by atoms with Crippen LogP contribution in [0.1, 0.15) is 62.5 Å². The predicted molar refractivity (Wildman–Crippen MR) is 260 cm³/mol. The van der Waals surface area contributed by atoms with E-state index in [1.807, 2.05) is 66.7 Å². The largest absolute Gasteiger partial charge is 0.461 e. The minimum absolute atomic E-state index is 0.0232. The van der Waals surface area contributed by atoms with Crippen molar-refractivity contribution in [3.63, 3.8) is 0 Å². The van der Waals surface area contributed by atoms with Crippen molar-refractivity contribution in [1.82, 2.24) is 0 Å². The van der Waals surface area contributed by atoms with Crippen molar-refractivity contribution < 1.29 is 42.8 Å². The molecule has 0 amide bonds. The Morgan fingerprint density at radius 1 is 0.470 bits per heavy atom. The lowest BCUT2D eigenvalue weighted by atomic mass is 9.82. The van der Waals surface area contributed by atoms with E-state index in [0.29, 0.717) is 45.6 Å². The van der Waals surface area contributed by atoms with Crippen LogP contribution in [0.25, 0.3) is 0 Å². The summed E-state index contributed by atoms with van der Waals surface area (Å²) in [6.07, 6.45) is 12.8. The molecule has 10 heteroatoms. The number of benzene rings is 5. The first-order valence-corrected chi connectivity index (χ1v) is 25.5. The minimum Gasteiger partial charge on any atom is -0.461 e. The molecule has 0 N–H and O–H groups in total. The summed E-state index contributed by atoms with van der Waals surface area (Å²) < 4.78 is 33.3. The Balaban J connectivity index is 0.000000149. The molecule has 0 bridgehead atoms. The van der Waals surface area contributed by atoms with Crippen molar-refractivity contribution >= 4 is 41.4 Å². The van der Waals surface area contributed by atoms with Gasteiger partial charge in [-0.2, -0.15) is 0 Å². The Morgan fingerprint density at radius 2 is 0.833 bits per heavy atom. The van der Waals surface area contributed by atoms with Gasteiger partial charge in [0.2, 0.25) is 0 Å². The molecule has 4 fully saturated rings. The van der Waals surface area contributed by atoms with Crippen molar-refractivity contribution in [2.45, 2.75) is 77.2 Å². The SMILES string of the molecule is O=C(OCc1ccccc1)C1CCC(/C=C/C2OCCO2)CC1.O=CC1CCC(C(=O)OCc2ccccc2)CC1.c1ccc([P+](CC2OCCO2)(c2ccccc2)c2ccccc2)cc1. The van der Waals surface area contributed by atoms with E-state index in [2.05, 4.69) is 97.1 Å². The van der Waals surface area contributed by atoms with Gasteiger partial charge in [0.1, 0.15) is 48.8 Å². The van der Waals surface area contributed by atoms with Crippen molar-refractivity contribution in [2.75, 3.05) is 32.6 Å². The molecule has 2 saturated carbocycles. The summed E-state index contributed by atoms with van der Waals surface area (Å²) in [4.78, 5) is 34.7. The summed E-state index contributed by atoms with van der Waals surface area (Å²) in [6.45, 7) is 3.43. The quantitative estimate of drug-likeness (QED) is 0.0466. The summed E-state index contributed by atoms with van der Waals surface area (Å²) in [6, 6.07) is 52.0. The highest BCUT2D eigenvalue weighted by atomic mass is 31.2. The third-order valence-corrected chi connectivity index (χ3v) is 17.1. The van der Waals surface area contributed by atoms with Crippen LogP contribution in [0, 0.1) is 23.7 Å². The molecule has 9 rings (SSSR count). The molecular weight excluding hydrogens is 848 g/mol. The van der Waals surface area contributed by atoms with Crippen LogP contribution < -0.4 is 15.9 Å². The lowest BCUT2D eigenvalue weighted by molar-refractivity contribution is -0.152. The molecule has 5 aromatic carbocycles. The number of rotatable bonds is 14. The molecule has 0 spiro atoms. The Bertz CT molecular complexity index is 2080. The van der Waals surface area contributed by atoms with Gasteiger partial charge in [0, 0.05) is 5.92 Å². The lowest BCUT2D eigenvalue weighted by Crippen LogP contribution is -2.37. The first kappa shape index (κ1) is 48.6. The number of ether oxygens (including phenoxy) is 6. The van der Waals surface area contributed by atoms with Crippen LogP contribution in [0.3, 0.4) is 0 Å². The topological polar surface area (TPSA) is 107 Å². The Hall–Kier alpha value is -5.28. The fraction of sp³-hybridized carbons (Fsp3) is 0.375. The van der Waals surface area contributed by atoms with Gasteiger partial charge in [-0.15, -0.1) is 0 Å². The van der Waals surface area contributed by atoms with Gasteiger partial charge in [0.15, 0.2) is 12.6 Å². The summed E-state index contributed by atoms with van der Waals surface area (Å²) in [7, 11) is -1.85. The number of esters is 2. The second-order valence-corrected chi connectivity index (χ2v) is 20.7. The smallest absolute Gasteiger partial charge is 0.309 e. The minimum atomic E-state index is -1.85. The van der Waals surface area contributed by atoms with E-state index in [1.165, 1.54) is 15.9 Å². The lowest BCUT2D eigenvalue weighted by Gasteiger charge is -2.29. The van der Waals surface area contributed by atoms with Gasteiger partial charge in [-0.05, 0) is 111 Å². The molecule has 2 heterocycles. The number of carbonyl (C=O) groups is 3. The van der Waals surface area contributed by atoms with Crippen LogP contribution in [-0.4, -0.2) is 63.4 Å². The van der Waals surface area contributed by atoms with E-state index in [9.17, 15) is 14.4 Å². The van der Waals surface area contributed by atoms with Gasteiger partial charge >= 0.3 is 11.9 Å². The summed E-state index contributed by atoms with van der Waals surface area (Å²) in [5.41, 5.74) is 2.04. The second-order valence-electron chi connectivity index (χ2n) is 17.2. The molecule has 346 valence electrons. The van der Waals surface area contributed by atoms with Crippen molar-refractivity contribution in [1.29, 1.82) is 0 Å². The zero-order chi connectivity index (χ0) is 45.7. The zero-order valence-electron chi connectivity index (χ0n) is 37.9. The van der Waals surface area contributed by atoms with Crippen LogP contribution in [0.5, 0.6) is 0 Å². The first-order chi connectivity index (χ1) is 32.5. The van der Waals surface area contributed by atoms with Gasteiger partial charge in [-0.3, -0.25) is 9.59 Å². The number of allylic oxidation sites excluding steroid dienone is 1. The highest BCUT2D eigenvalue weighted by Crippen LogP contribution is 2.56. The van der Waals surface area contributed by atoms with Gasteiger partial charge in [-0.1, -0.05) is 121 Å². The van der Waals surface area contributed by atoms with E-state index >= 15 is 0 Å². The second kappa shape index (κ2) is 26.2. The average molecular weight is 912 g/mol. The summed E-state index contributed by atoms with van der Waals surface area (Å²) in [5.74, 6) is 0.498. The van der Waals surface area contributed by atoms with Crippen molar-refractivity contribution in [3.05, 3.63) is 175 Å². The molecule has 0 radical (unpaired) electrons. The maximum absolute atomic E-state index is 12.2. The molecule has 2 aliphatic heterocycles. The third-order valence-electron chi connectivity index (χ3n) is 12.7. The van der Waals surface area contributed by atoms with Gasteiger partial charge in [-0.25, -0.2) is 0 Å². The van der Waals surface area contributed by atoms with Gasteiger partial charge in [0.05, 0.1) is 38.3 Å². The molecule has 5 aromatic rings. The molecule has 0 unspecified atom stereocenters. The van der Waals surface area contributed by atoms with E-state index in [4.69, 9.17) is 28.4 Å². The maximum Gasteiger partial charge on any atom is 0.309 e. The average Bonchev–Trinajstić information content (AvgIpc) is 4.13. The Kier molecular flexibility index (Phi) is 19.3. The normalized spacial score (nSPS) is 21.2. The molecule has 66 heavy (non-hydrogen) atoms. The highest BCUT2D eigenvalue weighted by Gasteiger charge is 2.48. The highest BCUT2D eigenvalue weighted by molar-refractivity contribution is 7.95. The van der Waals surface area contributed by atoms with Gasteiger partial charge < -0.3 is 33.2 Å². The van der Waals surface area contributed by atoms with E-state index in [0.717, 1.165) is 74.9 Å². The van der Waals surface area contributed by atoms with Crippen LogP contribution >= 0.6 is 7.26 Å². The Morgan fingerprint density at radius 3 is 1.23 bits per heavy atom.